The molecule has 0 fully saturated rings. The van der Waals surface area contributed by atoms with Crippen molar-refractivity contribution in [2.45, 2.75) is 53.1 Å². The zero-order chi connectivity index (χ0) is 15.5. The van der Waals surface area contributed by atoms with Crippen LogP contribution in [0.15, 0.2) is 30.3 Å². The van der Waals surface area contributed by atoms with Gasteiger partial charge in [0.15, 0.2) is 5.82 Å². The van der Waals surface area contributed by atoms with Gasteiger partial charge < -0.3 is 5.32 Å². The number of hydrogen-bond donors (Lipinski definition) is 1. The van der Waals surface area contributed by atoms with Crippen LogP contribution >= 0.6 is 0 Å². The van der Waals surface area contributed by atoms with Gasteiger partial charge in [0.05, 0.1) is 5.69 Å². The van der Waals surface area contributed by atoms with Crippen LogP contribution in [0.4, 0.5) is 0 Å². The van der Waals surface area contributed by atoms with Gasteiger partial charge in [0, 0.05) is 23.3 Å². The van der Waals surface area contributed by atoms with E-state index in [1.807, 2.05) is 13.0 Å². The van der Waals surface area contributed by atoms with Crippen LogP contribution in [0.25, 0.3) is 11.4 Å². The average Bonchev–Trinajstić information content (AvgIpc) is 2.44. The summed E-state index contributed by atoms with van der Waals surface area (Å²) in [5, 5.41) is 3.47. The monoisotopic (exact) mass is 283 g/mol. The summed E-state index contributed by atoms with van der Waals surface area (Å²) in [6.07, 6.45) is 1.05. The molecule has 0 spiro atoms. The minimum Gasteiger partial charge on any atom is -0.306 e. The smallest absolute Gasteiger partial charge is 0.159 e. The van der Waals surface area contributed by atoms with E-state index in [0.717, 1.165) is 35.7 Å². The Morgan fingerprint density at radius 1 is 1.05 bits per heavy atom. The molecule has 0 aliphatic heterocycles. The summed E-state index contributed by atoms with van der Waals surface area (Å²) in [6.45, 7) is 11.4. The second kappa shape index (κ2) is 6.35. The van der Waals surface area contributed by atoms with E-state index >= 15 is 0 Å². The van der Waals surface area contributed by atoms with Gasteiger partial charge in [0.2, 0.25) is 0 Å². The number of nitrogens with one attached hydrogen (secondary N) is 1. The van der Waals surface area contributed by atoms with Crippen molar-refractivity contribution in [1.29, 1.82) is 0 Å². The third kappa shape index (κ3) is 4.64. The molecule has 0 unspecified atom stereocenters. The van der Waals surface area contributed by atoms with Gasteiger partial charge in [0.25, 0.3) is 0 Å². The van der Waals surface area contributed by atoms with Crippen molar-refractivity contribution in [1.82, 2.24) is 15.3 Å². The largest absolute Gasteiger partial charge is 0.306 e. The number of aromatic nitrogens is 2. The number of hydrogen-bond acceptors (Lipinski definition) is 3. The molecule has 0 radical (unpaired) electrons. The first-order valence-electron chi connectivity index (χ1n) is 7.56. The van der Waals surface area contributed by atoms with Crippen LogP contribution in [0.3, 0.4) is 0 Å². The molecule has 0 atom stereocenters. The first-order valence-corrected chi connectivity index (χ1v) is 7.56. The maximum Gasteiger partial charge on any atom is 0.159 e. The van der Waals surface area contributed by atoms with E-state index in [4.69, 9.17) is 0 Å². The van der Waals surface area contributed by atoms with E-state index in [1.165, 1.54) is 5.56 Å². The van der Waals surface area contributed by atoms with Crippen LogP contribution in [0.2, 0.25) is 0 Å². The van der Waals surface area contributed by atoms with Crippen molar-refractivity contribution in [2.75, 3.05) is 0 Å². The Bertz CT molecular complexity index is 595. The minimum absolute atomic E-state index is 0.0851. The van der Waals surface area contributed by atoms with Crippen molar-refractivity contribution in [2.24, 2.45) is 0 Å². The highest BCUT2D eigenvalue weighted by atomic mass is 15.0. The Labute approximate surface area is 127 Å². The van der Waals surface area contributed by atoms with Crippen molar-refractivity contribution in [3.8, 4) is 11.4 Å². The fraction of sp³-hybridized carbons (Fsp3) is 0.444. The van der Waals surface area contributed by atoms with Gasteiger partial charge in [0.1, 0.15) is 0 Å². The predicted molar refractivity (Wildman–Crippen MR) is 88.2 cm³/mol. The molecule has 0 bridgehead atoms. The standard InChI is InChI=1S/C18H25N3/c1-6-14-7-9-15(10-8-14)17-20-13(2)11-16(21-17)12-19-18(3,4)5/h7-11,19H,6,12H2,1-5H3. The molecule has 1 aromatic heterocycles. The van der Waals surface area contributed by atoms with Gasteiger partial charge in [-0.1, -0.05) is 31.2 Å². The van der Waals surface area contributed by atoms with Crippen LogP contribution in [0.1, 0.15) is 44.6 Å². The lowest BCUT2D eigenvalue weighted by Gasteiger charge is -2.20. The van der Waals surface area contributed by atoms with Gasteiger partial charge in [-0.3, -0.25) is 0 Å². The lowest BCUT2D eigenvalue weighted by atomic mass is 10.1. The van der Waals surface area contributed by atoms with E-state index in [2.05, 4.69) is 67.2 Å². The Morgan fingerprint density at radius 2 is 1.71 bits per heavy atom. The van der Waals surface area contributed by atoms with Gasteiger partial charge in [-0.2, -0.15) is 0 Å². The highest BCUT2D eigenvalue weighted by molar-refractivity contribution is 5.55. The third-order valence-electron chi connectivity index (χ3n) is 3.33. The predicted octanol–water partition coefficient (Wildman–Crippen LogP) is 3.90. The van der Waals surface area contributed by atoms with E-state index in [-0.39, 0.29) is 5.54 Å². The SMILES string of the molecule is CCc1ccc(-c2nc(C)cc(CNC(C)(C)C)n2)cc1. The average molecular weight is 283 g/mol. The molecule has 21 heavy (non-hydrogen) atoms. The van der Waals surface area contributed by atoms with Crippen molar-refractivity contribution >= 4 is 0 Å². The number of nitrogens with zero attached hydrogens (tertiary/aromatic N) is 2. The number of benzene rings is 1. The topological polar surface area (TPSA) is 37.8 Å². The molecular weight excluding hydrogens is 258 g/mol. The zero-order valence-electron chi connectivity index (χ0n) is 13.7. The summed E-state index contributed by atoms with van der Waals surface area (Å²) < 4.78 is 0. The van der Waals surface area contributed by atoms with Crippen molar-refractivity contribution < 1.29 is 0 Å². The molecule has 0 aliphatic rings. The van der Waals surface area contributed by atoms with Crippen LogP contribution in [-0.2, 0) is 13.0 Å². The lowest BCUT2D eigenvalue weighted by Crippen LogP contribution is -2.35. The summed E-state index contributed by atoms with van der Waals surface area (Å²) in [7, 11) is 0. The highest BCUT2D eigenvalue weighted by Gasteiger charge is 2.10. The van der Waals surface area contributed by atoms with Gasteiger partial charge >= 0.3 is 0 Å². The Morgan fingerprint density at radius 3 is 2.29 bits per heavy atom. The summed E-state index contributed by atoms with van der Waals surface area (Å²) in [5.41, 5.74) is 4.54. The molecule has 1 aromatic carbocycles. The summed E-state index contributed by atoms with van der Waals surface area (Å²) in [5.74, 6) is 0.809. The molecule has 0 aliphatic carbocycles. The molecule has 2 rings (SSSR count). The maximum atomic E-state index is 4.69. The Balaban J connectivity index is 2.25. The highest BCUT2D eigenvalue weighted by Crippen LogP contribution is 2.17. The number of aryl methyl sites for hydroxylation is 2. The van der Waals surface area contributed by atoms with Crippen molar-refractivity contribution in [3.63, 3.8) is 0 Å². The van der Waals surface area contributed by atoms with Gasteiger partial charge in [-0.05, 0) is 45.7 Å². The zero-order valence-corrected chi connectivity index (χ0v) is 13.7. The fourth-order valence-electron chi connectivity index (χ4n) is 2.10. The molecule has 3 nitrogen and oxygen atoms in total. The molecule has 112 valence electrons. The lowest BCUT2D eigenvalue weighted by molar-refractivity contribution is 0.421. The summed E-state index contributed by atoms with van der Waals surface area (Å²) >= 11 is 0. The van der Waals surface area contributed by atoms with Crippen LogP contribution < -0.4 is 5.32 Å². The second-order valence-electron chi connectivity index (χ2n) is 6.48. The van der Waals surface area contributed by atoms with Crippen molar-refractivity contribution in [3.05, 3.63) is 47.3 Å². The third-order valence-corrected chi connectivity index (χ3v) is 3.33. The van der Waals surface area contributed by atoms with Crippen LogP contribution in [-0.4, -0.2) is 15.5 Å². The minimum atomic E-state index is 0.0851. The molecule has 0 saturated heterocycles. The van der Waals surface area contributed by atoms with E-state index in [9.17, 15) is 0 Å². The summed E-state index contributed by atoms with van der Waals surface area (Å²) in [4.78, 5) is 9.25. The molecule has 1 heterocycles. The maximum absolute atomic E-state index is 4.69. The number of rotatable bonds is 4. The Kier molecular flexibility index (Phi) is 4.73. The van der Waals surface area contributed by atoms with E-state index in [0.29, 0.717) is 0 Å². The van der Waals surface area contributed by atoms with E-state index in [1.54, 1.807) is 0 Å². The summed E-state index contributed by atoms with van der Waals surface area (Å²) in [6, 6.07) is 10.5. The normalized spacial score (nSPS) is 11.7. The first-order chi connectivity index (χ1) is 9.87. The molecular formula is C18H25N3. The molecule has 1 N–H and O–H groups in total. The quantitative estimate of drug-likeness (QED) is 0.924. The Hall–Kier alpha value is -1.74. The van der Waals surface area contributed by atoms with E-state index < -0.39 is 0 Å². The van der Waals surface area contributed by atoms with Gasteiger partial charge in [-0.25, -0.2) is 9.97 Å². The van der Waals surface area contributed by atoms with Crippen LogP contribution in [0, 0.1) is 6.92 Å². The van der Waals surface area contributed by atoms with Crippen LogP contribution in [0.5, 0.6) is 0 Å². The first kappa shape index (κ1) is 15.6. The molecule has 3 heteroatoms. The molecule has 0 saturated carbocycles. The second-order valence-corrected chi connectivity index (χ2v) is 6.48. The molecule has 2 aromatic rings. The van der Waals surface area contributed by atoms with Gasteiger partial charge in [-0.15, -0.1) is 0 Å². The fourth-order valence-corrected chi connectivity index (χ4v) is 2.10. The molecule has 0 amide bonds.